The summed E-state index contributed by atoms with van der Waals surface area (Å²) in [4.78, 5) is 1.07. The number of ether oxygens (including phenoxy) is 1. The normalized spacial score (nSPS) is 12.7. The van der Waals surface area contributed by atoms with Gasteiger partial charge in [-0.25, -0.2) is 0 Å². The summed E-state index contributed by atoms with van der Waals surface area (Å²) in [7, 11) is 1.67. The van der Waals surface area contributed by atoms with Gasteiger partial charge in [-0.05, 0) is 38.3 Å². The van der Waals surface area contributed by atoms with Crippen LogP contribution in [0.15, 0.2) is 26.7 Å². The van der Waals surface area contributed by atoms with Gasteiger partial charge in [-0.3, -0.25) is 0 Å². The number of nitrogens with two attached hydrogens (primary N) is 1. The number of rotatable bonds is 3. The minimum absolute atomic E-state index is 0.111. The van der Waals surface area contributed by atoms with E-state index in [1.54, 1.807) is 29.8 Å². The summed E-state index contributed by atoms with van der Waals surface area (Å²) < 4.78 is 6.33. The summed E-state index contributed by atoms with van der Waals surface area (Å²) in [6.07, 6.45) is 0. The Balaban J connectivity index is 2.36. The Hall–Kier alpha value is -0.360. The largest absolute Gasteiger partial charge is 0.496 e. The fraction of sp³-hybridized carbons (Fsp3) is 0.200. The molecule has 0 aliphatic carbocycles. The summed E-state index contributed by atoms with van der Waals surface area (Å²) >= 11 is 6.76. The molecule has 0 saturated carbocycles. The second-order valence-electron chi connectivity index (χ2n) is 3.01. The zero-order chi connectivity index (χ0) is 10.8. The van der Waals surface area contributed by atoms with Crippen molar-refractivity contribution in [3.63, 3.8) is 0 Å². The first kappa shape index (κ1) is 11.1. The maximum Gasteiger partial charge on any atom is 0.134 e. The van der Waals surface area contributed by atoms with Crippen LogP contribution in [-0.4, -0.2) is 7.11 Å². The molecule has 0 bridgehead atoms. The molecular formula is C10H10BrNOS2. The average molecular weight is 304 g/mol. The maximum atomic E-state index is 6.19. The third-order valence-corrected chi connectivity index (χ3v) is 4.87. The van der Waals surface area contributed by atoms with Crippen molar-refractivity contribution in [2.75, 3.05) is 7.11 Å². The third-order valence-electron chi connectivity index (χ3n) is 2.14. The van der Waals surface area contributed by atoms with Gasteiger partial charge in [-0.2, -0.15) is 11.3 Å². The van der Waals surface area contributed by atoms with Crippen molar-refractivity contribution in [2.24, 2.45) is 5.73 Å². The molecule has 5 heteroatoms. The van der Waals surface area contributed by atoms with E-state index < -0.39 is 0 Å². The van der Waals surface area contributed by atoms with E-state index in [0.717, 1.165) is 20.7 Å². The lowest BCUT2D eigenvalue weighted by atomic mass is 10.1. The lowest BCUT2D eigenvalue weighted by molar-refractivity contribution is 0.411. The van der Waals surface area contributed by atoms with Crippen LogP contribution in [-0.2, 0) is 0 Å². The molecule has 0 aliphatic heterocycles. The fourth-order valence-corrected chi connectivity index (χ4v) is 3.82. The van der Waals surface area contributed by atoms with Crippen molar-refractivity contribution in [1.82, 2.24) is 0 Å². The van der Waals surface area contributed by atoms with Gasteiger partial charge in [-0.1, -0.05) is 0 Å². The molecule has 0 saturated heterocycles. The Bertz CT molecular complexity index is 452. The van der Waals surface area contributed by atoms with Crippen LogP contribution >= 0.6 is 38.6 Å². The molecule has 0 fully saturated rings. The molecule has 0 spiro atoms. The quantitative estimate of drug-likeness (QED) is 0.940. The second-order valence-corrected chi connectivity index (χ2v) is 5.55. The van der Waals surface area contributed by atoms with Gasteiger partial charge in [0.15, 0.2) is 0 Å². The summed E-state index contributed by atoms with van der Waals surface area (Å²) in [6.45, 7) is 0. The van der Waals surface area contributed by atoms with Crippen LogP contribution in [0, 0.1) is 0 Å². The summed E-state index contributed by atoms with van der Waals surface area (Å²) in [5, 5.41) is 6.09. The van der Waals surface area contributed by atoms with Crippen LogP contribution in [0.2, 0.25) is 0 Å². The topological polar surface area (TPSA) is 35.2 Å². The highest BCUT2D eigenvalue weighted by Gasteiger charge is 2.18. The van der Waals surface area contributed by atoms with Crippen molar-refractivity contribution < 1.29 is 4.74 Å². The van der Waals surface area contributed by atoms with Crippen molar-refractivity contribution >= 4 is 38.6 Å². The molecule has 0 aromatic carbocycles. The van der Waals surface area contributed by atoms with Gasteiger partial charge in [0.25, 0.3) is 0 Å². The van der Waals surface area contributed by atoms with Gasteiger partial charge in [-0.15, -0.1) is 11.3 Å². The van der Waals surface area contributed by atoms with E-state index >= 15 is 0 Å². The molecule has 2 aromatic rings. The first-order valence-corrected chi connectivity index (χ1v) is 6.94. The van der Waals surface area contributed by atoms with Gasteiger partial charge in [0.05, 0.1) is 18.0 Å². The van der Waals surface area contributed by atoms with Crippen LogP contribution < -0.4 is 10.5 Å². The Morgan fingerprint density at radius 3 is 2.87 bits per heavy atom. The SMILES string of the molecule is COc1ccsc1C(N)c1cscc1Br. The summed E-state index contributed by atoms with van der Waals surface area (Å²) in [5.41, 5.74) is 7.30. The van der Waals surface area contributed by atoms with E-state index in [4.69, 9.17) is 10.5 Å². The molecule has 2 N–H and O–H groups in total. The number of hydrogen-bond donors (Lipinski definition) is 1. The predicted octanol–water partition coefficient (Wildman–Crippen LogP) is 3.63. The number of thiophene rings is 2. The molecule has 2 nitrogen and oxygen atoms in total. The van der Waals surface area contributed by atoms with E-state index in [-0.39, 0.29) is 6.04 Å². The minimum Gasteiger partial charge on any atom is -0.496 e. The Morgan fingerprint density at radius 1 is 1.47 bits per heavy atom. The number of methoxy groups -OCH3 is 1. The van der Waals surface area contributed by atoms with E-state index in [9.17, 15) is 0 Å². The van der Waals surface area contributed by atoms with Crippen LogP contribution in [0.4, 0.5) is 0 Å². The molecule has 0 amide bonds. The van der Waals surface area contributed by atoms with Crippen molar-refractivity contribution in [1.29, 1.82) is 0 Å². The van der Waals surface area contributed by atoms with E-state index in [2.05, 4.69) is 21.3 Å². The zero-order valence-electron chi connectivity index (χ0n) is 8.07. The number of halogens is 1. The lowest BCUT2D eigenvalue weighted by Crippen LogP contribution is -2.10. The molecule has 80 valence electrons. The Labute approximate surface area is 105 Å². The molecule has 0 radical (unpaired) electrons. The first-order chi connectivity index (χ1) is 7.24. The van der Waals surface area contributed by atoms with Crippen molar-refractivity contribution in [3.8, 4) is 5.75 Å². The molecule has 2 aromatic heterocycles. The Kier molecular flexibility index (Phi) is 3.45. The molecule has 2 rings (SSSR count). The molecule has 15 heavy (non-hydrogen) atoms. The van der Waals surface area contributed by atoms with E-state index in [0.29, 0.717) is 0 Å². The van der Waals surface area contributed by atoms with E-state index in [1.165, 1.54) is 0 Å². The maximum absolute atomic E-state index is 6.19. The van der Waals surface area contributed by atoms with Gasteiger partial charge in [0.1, 0.15) is 5.75 Å². The van der Waals surface area contributed by atoms with Crippen LogP contribution in [0.3, 0.4) is 0 Å². The summed E-state index contributed by atoms with van der Waals surface area (Å²) in [6, 6.07) is 1.83. The lowest BCUT2D eigenvalue weighted by Gasteiger charge is -2.11. The number of hydrogen-bond acceptors (Lipinski definition) is 4. The van der Waals surface area contributed by atoms with Crippen molar-refractivity contribution in [2.45, 2.75) is 6.04 Å². The predicted molar refractivity (Wildman–Crippen MR) is 68.9 cm³/mol. The highest BCUT2D eigenvalue weighted by atomic mass is 79.9. The Morgan fingerprint density at radius 2 is 2.27 bits per heavy atom. The van der Waals surface area contributed by atoms with E-state index in [1.807, 2.05) is 16.8 Å². The standard InChI is InChI=1S/C10H10BrNOS2/c1-13-8-2-3-15-10(8)9(12)6-4-14-5-7(6)11/h2-5,9H,12H2,1H3. The van der Waals surface area contributed by atoms with Gasteiger partial charge in [0.2, 0.25) is 0 Å². The molecular weight excluding hydrogens is 294 g/mol. The molecule has 2 heterocycles. The smallest absolute Gasteiger partial charge is 0.134 e. The van der Waals surface area contributed by atoms with Crippen LogP contribution in [0.5, 0.6) is 5.75 Å². The minimum atomic E-state index is -0.111. The van der Waals surface area contributed by atoms with Gasteiger partial charge < -0.3 is 10.5 Å². The molecule has 0 aliphatic rings. The van der Waals surface area contributed by atoms with Gasteiger partial charge >= 0.3 is 0 Å². The van der Waals surface area contributed by atoms with Gasteiger partial charge in [0, 0.05) is 9.85 Å². The van der Waals surface area contributed by atoms with Crippen LogP contribution in [0.25, 0.3) is 0 Å². The third kappa shape index (κ3) is 2.10. The fourth-order valence-electron chi connectivity index (χ4n) is 1.36. The highest BCUT2D eigenvalue weighted by molar-refractivity contribution is 9.10. The van der Waals surface area contributed by atoms with Crippen molar-refractivity contribution in [3.05, 3.63) is 37.1 Å². The molecule has 1 unspecified atom stereocenters. The molecule has 1 atom stereocenters. The first-order valence-electron chi connectivity index (χ1n) is 4.32. The second kappa shape index (κ2) is 4.65. The zero-order valence-corrected chi connectivity index (χ0v) is 11.3. The summed E-state index contributed by atoms with van der Waals surface area (Å²) in [5.74, 6) is 0.866. The average Bonchev–Trinajstić information content (AvgIpc) is 2.84. The monoisotopic (exact) mass is 303 g/mol. The highest BCUT2D eigenvalue weighted by Crippen LogP contribution is 2.37. The van der Waals surface area contributed by atoms with Crippen LogP contribution in [0.1, 0.15) is 16.5 Å².